The average Bonchev–Trinajstić information content (AvgIpc) is 2.71. The number of hydrogen-bond donors (Lipinski definition) is 3. The van der Waals surface area contributed by atoms with Crippen LogP contribution in [0.1, 0.15) is 53.5 Å². The molecule has 0 saturated heterocycles. The van der Waals surface area contributed by atoms with Crippen LogP contribution >= 0.6 is 0 Å². The number of methoxy groups -OCH3 is 1. The van der Waals surface area contributed by atoms with E-state index in [2.05, 4.69) is 41.7 Å². The molecule has 0 bridgehead atoms. The molecule has 0 spiro atoms. The third-order valence-corrected chi connectivity index (χ3v) is 4.27. The van der Waals surface area contributed by atoms with Crippen LogP contribution in [0, 0.1) is 0 Å². The van der Waals surface area contributed by atoms with Gasteiger partial charge in [0, 0.05) is 16.8 Å². The number of hydrogen-bond acceptors (Lipinski definition) is 5. The van der Waals surface area contributed by atoms with Crippen LogP contribution in [0.4, 0.5) is 5.69 Å². The van der Waals surface area contributed by atoms with Crippen LogP contribution in [-0.4, -0.2) is 30.8 Å². The number of nitrogens with one attached hydrogen (secondary N) is 3. The molecular formula is C22H25N3O5. The fourth-order valence-corrected chi connectivity index (χ4v) is 2.48. The Morgan fingerprint density at radius 1 is 0.800 bits per heavy atom. The number of carbonyl (C=O) groups is 4. The summed E-state index contributed by atoms with van der Waals surface area (Å²) in [4.78, 5) is 46.9. The third-order valence-electron chi connectivity index (χ3n) is 4.27. The molecule has 0 aliphatic rings. The van der Waals surface area contributed by atoms with Crippen molar-refractivity contribution in [1.82, 2.24) is 10.9 Å². The van der Waals surface area contributed by atoms with Gasteiger partial charge in [0.2, 0.25) is 5.91 Å². The second-order valence-electron chi connectivity index (χ2n) is 7.61. The van der Waals surface area contributed by atoms with E-state index in [-0.39, 0.29) is 16.9 Å². The molecule has 158 valence electrons. The van der Waals surface area contributed by atoms with E-state index in [1.807, 2.05) is 12.1 Å². The van der Waals surface area contributed by atoms with Crippen LogP contribution in [0.5, 0.6) is 0 Å². The average molecular weight is 411 g/mol. The van der Waals surface area contributed by atoms with Gasteiger partial charge in [-0.05, 0) is 47.4 Å². The second kappa shape index (κ2) is 9.69. The highest BCUT2D eigenvalue weighted by atomic mass is 16.5. The zero-order valence-corrected chi connectivity index (χ0v) is 17.4. The summed E-state index contributed by atoms with van der Waals surface area (Å²) in [5.74, 6) is -2.24. The zero-order valence-electron chi connectivity index (χ0n) is 17.4. The Kier molecular flexibility index (Phi) is 7.30. The van der Waals surface area contributed by atoms with Gasteiger partial charge in [-0.2, -0.15) is 0 Å². The summed E-state index contributed by atoms with van der Waals surface area (Å²) in [7, 11) is 1.16. The number of benzene rings is 2. The Hall–Kier alpha value is -3.68. The molecule has 30 heavy (non-hydrogen) atoms. The topological polar surface area (TPSA) is 114 Å². The fraction of sp³-hybridized carbons (Fsp3) is 0.273. The molecule has 0 heterocycles. The highest BCUT2D eigenvalue weighted by molar-refractivity contribution is 6.04. The molecule has 2 rings (SSSR count). The number of esters is 1. The lowest BCUT2D eigenvalue weighted by Gasteiger charge is -2.19. The molecule has 0 aliphatic heterocycles. The lowest BCUT2D eigenvalue weighted by Crippen LogP contribution is -2.42. The predicted octanol–water partition coefficient (Wildman–Crippen LogP) is 2.56. The fourth-order valence-electron chi connectivity index (χ4n) is 2.48. The Morgan fingerprint density at radius 2 is 1.33 bits per heavy atom. The van der Waals surface area contributed by atoms with Gasteiger partial charge in [-0.1, -0.05) is 32.9 Å². The van der Waals surface area contributed by atoms with Crippen molar-refractivity contribution in [2.24, 2.45) is 0 Å². The molecule has 2 aromatic rings. The van der Waals surface area contributed by atoms with Crippen molar-refractivity contribution in [1.29, 1.82) is 0 Å². The minimum absolute atomic E-state index is 0.00416. The van der Waals surface area contributed by atoms with E-state index in [4.69, 9.17) is 0 Å². The molecule has 0 aliphatic carbocycles. The summed E-state index contributed by atoms with van der Waals surface area (Å²) in [6.07, 6.45) is -0.502. The number of carbonyl (C=O) groups excluding carboxylic acids is 4. The largest absolute Gasteiger partial charge is 0.469 e. The first-order chi connectivity index (χ1) is 14.1. The van der Waals surface area contributed by atoms with Gasteiger partial charge in [-0.15, -0.1) is 0 Å². The highest BCUT2D eigenvalue weighted by Crippen LogP contribution is 2.22. The van der Waals surface area contributed by atoms with E-state index in [1.54, 1.807) is 24.3 Å². The lowest BCUT2D eigenvalue weighted by atomic mass is 9.87. The molecule has 8 heteroatoms. The molecule has 0 unspecified atom stereocenters. The maximum absolute atomic E-state index is 12.4. The molecule has 3 amide bonds. The van der Waals surface area contributed by atoms with E-state index in [9.17, 15) is 19.2 Å². The van der Waals surface area contributed by atoms with Crippen LogP contribution in [0.25, 0.3) is 0 Å². The van der Waals surface area contributed by atoms with Gasteiger partial charge in [0.05, 0.1) is 7.11 Å². The van der Waals surface area contributed by atoms with E-state index >= 15 is 0 Å². The molecule has 0 atom stereocenters. The first-order valence-electron chi connectivity index (χ1n) is 9.28. The normalized spacial score (nSPS) is 10.7. The third kappa shape index (κ3) is 6.44. The summed E-state index contributed by atoms with van der Waals surface area (Å²) in [6.45, 7) is 6.30. The summed E-state index contributed by atoms with van der Waals surface area (Å²) in [5, 5.41) is 2.77. The van der Waals surface area contributed by atoms with Crippen LogP contribution in [-0.2, 0) is 19.7 Å². The summed E-state index contributed by atoms with van der Waals surface area (Å²) < 4.78 is 4.36. The number of rotatable bonds is 5. The van der Waals surface area contributed by atoms with Crippen molar-refractivity contribution in [2.45, 2.75) is 32.6 Å². The van der Waals surface area contributed by atoms with Crippen LogP contribution in [0.2, 0.25) is 0 Å². The van der Waals surface area contributed by atoms with Gasteiger partial charge < -0.3 is 10.1 Å². The SMILES string of the molecule is COC(=O)CC(=O)NNC(=O)c1ccc(NC(=O)c2ccc(C(C)(C)C)cc2)cc1. The Bertz CT molecular complexity index is 929. The summed E-state index contributed by atoms with van der Waals surface area (Å²) in [6, 6.07) is 13.6. The number of anilines is 1. The number of ether oxygens (including phenoxy) is 1. The van der Waals surface area contributed by atoms with Gasteiger partial charge >= 0.3 is 5.97 Å². The molecule has 2 aromatic carbocycles. The minimum atomic E-state index is -0.713. The molecule has 0 aromatic heterocycles. The highest BCUT2D eigenvalue weighted by Gasteiger charge is 2.15. The molecule has 0 fully saturated rings. The maximum atomic E-state index is 12.4. The second-order valence-corrected chi connectivity index (χ2v) is 7.61. The predicted molar refractivity (Wildman–Crippen MR) is 112 cm³/mol. The van der Waals surface area contributed by atoms with E-state index < -0.39 is 24.2 Å². The van der Waals surface area contributed by atoms with Gasteiger partial charge in [0.1, 0.15) is 6.42 Å². The quantitative estimate of drug-likeness (QED) is 0.398. The Morgan fingerprint density at radius 3 is 1.87 bits per heavy atom. The molecule has 0 radical (unpaired) electrons. The van der Waals surface area contributed by atoms with Crippen molar-refractivity contribution >= 4 is 29.4 Å². The van der Waals surface area contributed by atoms with Crippen molar-refractivity contribution in [2.75, 3.05) is 12.4 Å². The first kappa shape index (κ1) is 22.6. The molecule has 3 N–H and O–H groups in total. The van der Waals surface area contributed by atoms with E-state index in [0.717, 1.165) is 12.7 Å². The Labute approximate surface area is 175 Å². The van der Waals surface area contributed by atoms with E-state index in [1.165, 1.54) is 12.1 Å². The van der Waals surface area contributed by atoms with Crippen LogP contribution in [0.3, 0.4) is 0 Å². The first-order valence-corrected chi connectivity index (χ1v) is 9.28. The van der Waals surface area contributed by atoms with Crippen LogP contribution in [0.15, 0.2) is 48.5 Å². The van der Waals surface area contributed by atoms with Gasteiger partial charge in [0.15, 0.2) is 0 Å². The zero-order chi connectivity index (χ0) is 22.3. The van der Waals surface area contributed by atoms with Crippen molar-refractivity contribution in [3.8, 4) is 0 Å². The summed E-state index contributed by atoms with van der Waals surface area (Å²) >= 11 is 0. The van der Waals surface area contributed by atoms with Crippen molar-refractivity contribution < 1.29 is 23.9 Å². The number of amides is 3. The van der Waals surface area contributed by atoms with Gasteiger partial charge in [0.25, 0.3) is 11.8 Å². The van der Waals surface area contributed by atoms with E-state index in [0.29, 0.717) is 11.3 Å². The van der Waals surface area contributed by atoms with Crippen molar-refractivity contribution in [3.05, 3.63) is 65.2 Å². The molecular weight excluding hydrogens is 386 g/mol. The maximum Gasteiger partial charge on any atom is 0.315 e. The van der Waals surface area contributed by atoms with Crippen LogP contribution < -0.4 is 16.2 Å². The Balaban J connectivity index is 1.92. The molecule has 0 saturated carbocycles. The summed E-state index contributed by atoms with van der Waals surface area (Å²) in [5.41, 5.74) is 6.77. The van der Waals surface area contributed by atoms with Gasteiger partial charge in [-0.25, -0.2) is 0 Å². The van der Waals surface area contributed by atoms with Crippen molar-refractivity contribution in [3.63, 3.8) is 0 Å². The standard InChI is InChI=1S/C22H25N3O5/c1-22(2,3)16-9-5-14(6-10-16)20(28)23-17-11-7-15(8-12-17)21(29)25-24-18(26)13-19(27)30-4/h5-12H,13H2,1-4H3,(H,23,28)(H,24,26)(H,25,29). The minimum Gasteiger partial charge on any atom is -0.469 e. The number of hydrazine groups is 1. The molecule has 8 nitrogen and oxygen atoms in total. The van der Waals surface area contributed by atoms with Gasteiger partial charge in [-0.3, -0.25) is 30.0 Å². The smallest absolute Gasteiger partial charge is 0.315 e. The monoisotopic (exact) mass is 411 g/mol. The lowest BCUT2D eigenvalue weighted by molar-refractivity contribution is -0.144.